The standard InChI is InChI=1S/C14H24N4O3/c1-4-14(5-2,6-3)17-13(21)15-7-8-18-9-11(12(19)20)16-10-18/h9-10H,4-8H2,1-3H3,(H,19,20)(H2,15,17,21). The maximum Gasteiger partial charge on any atom is 0.356 e. The van der Waals surface area contributed by atoms with E-state index >= 15 is 0 Å². The third kappa shape index (κ3) is 4.77. The van der Waals surface area contributed by atoms with Crippen LogP contribution in [-0.2, 0) is 6.54 Å². The highest BCUT2D eigenvalue weighted by atomic mass is 16.4. The van der Waals surface area contributed by atoms with Gasteiger partial charge in [0.05, 0.1) is 6.33 Å². The third-order valence-electron chi connectivity index (χ3n) is 3.92. The molecule has 1 rings (SSSR count). The van der Waals surface area contributed by atoms with E-state index in [4.69, 9.17) is 5.11 Å². The zero-order valence-electron chi connectivity index (χ0n) is 12.8. The predicted octanol–water partition coefficient (Wildman–Crippen LogP) is 1.85. The van der Waals surface area contributed by atoms with Gasteiger partial charge in [-0.2, -0.15) is 0 Å². The maximum absolute atomic E-state index is 11.9. The van der Waals surface area contributed by atoms with Gasteiger partial charge in [0.25, 0.3) is 0 Å². The molecule has 0 unspecified atom stereocenters. The van der Waals surface area contributed by atoms with Crippen molar-refractivity contribution in [1.29, 1.82) is 0 Å². The molecule has 0 aliphatic heterocycles. The summed E-state index contributed by atoms with van der Waals surface area (Å²) in [5, 5.41) is 14.6. The molecule has 1 heterocycles. The molecule has 0 radical (unpaired) electrons. The fourth-order valence-electron chi connectivity index (χ4n) is 2.19. The number of carbonyl (C=O) groups is 2. The molecule has 0 bridgehead atoms. The summed E-state index contributed by atoms with van der Waals surface area (Å²) in [6.07, 6.45) is 5.54. The van der Waals surface area contributed by atoms with E-state index in [0.717, 1.165) is 19.3 Å². The van der Waals surface area contributed by atoms with Gasteiger partial charge in [-0.25, -0.2) is 14.6 Å². The second kappa shape index (κ2) is 7.66. The molecule has 2 amide bonds. The molecule has 0 spiro atoms. The Morgan fingerprint density at radius 1 is 1.29 bits per heavy atom. The number of nitrogens with one attached hydrogen (secondary N) is 2. The van der Waals surface area contributed by atoms with Crippen LogP contribution in [0.4, 0.5) is 4.79 Å². The summed E-state index contributed by atoms with van der Waals surface area (Å²) in [6, 6.07) is -0.195. The van der Waals surface area contributed by atoms with Crippen LogP contribution in [0.25, 0.3) is 0 Å². The number of hydrogen-bond donors (Lipinski definition) is 3. The van der Waals surface area contributed by atoms with Crippen LogP contribution in [0.2, 0.25) is 0 Å². The minimum absolute atomic E-state index is 0.00131. The quantitative estimate of drug-likeness (QED) is 0.682. The molecule has 7 nitrogen and oxygen atoms in total. The molecule has 118 valence electrons. The molecular weight excluding hydrogens is 272 g/mol. The monoisotopic (exact) mass is 296 g/mol. The molecule has 0 aromatic carbocycles. The van der Waals surface area contributed by atoms with E-state index in [1.807, 2.05) is 0 Å². The fraction of sp³-hybridized carbons (Fsp3) is 0.643. The lowest BCUT2D eigenvalue weighted by atomic mass is 9.90. The largest absolute Gasteiger partial charge is 0.476 e. The Labute approximate surface area is 124 Å². The minimum atomic E-state index is -1.06. The molecular formula is C14H24N4O3. The molecule has 0 aliphatic carbocycles. The smallest absolute Gasteiger partial charge is 0.356 e. The Morgan fingerprint density at radius 2 is 1.90 bits per heavy atom. The lowest BCUT2D eigenvalue weighted by Crippen LogP contribution is -2.51. The SMILES string of the molecule is CCC(CC)(CC)NC(=O)NCCn1cnc(C(=O)O)c1. The number of aromatic nitrogens is 2. The van der Waals surface area contributed by atoms with Gasteiger partial charge < -0.3 is 20.3 Å². The summed E-state index contributed by atoms with van der Waals surface area (Å²) in [5.41, 5.74) is -0.156. The second-order valence-corrected chi connectivity index (χ2v) is 5.02. The highest BCUT2D eigenvalue weighted by Gasteiger charge is 2.25. The van der Waals surface area contributed by atoms with Gasteiger partial charge in [-0.3, -0.25) is 0 Å². The van der Waals surface area contributed by atoms with E-state index in [1.165, 1.54) is 12.5 Å². The number of rotatable bonds is 8. The molecule has 0 fully saturated rings. The zero-order valence-corrected chi connectivity index (χ0v) is 12.8. The number of nitrogens with zero attached hydrogens (tertiary/aromatic N) is 2. The molecule has 21 heavy (non-hydrogen) atoms. The number of imidazole rings is 1. The predicted molar refractivity (Wildman–Crippen MR) is 79.3 cm³/mol. The number of carboxylic acids is 1. The van der Waals surface area contributed by atoms with Crippen molar-refractivity contribution in [1.82, 2.24) is 20.2 Å². The molecule has 0 saturated heterocycles. The lowest BCUT2D eigenvalue weighted by molar-refractivity contribution is 0.0691. The summed E-state index contributed by atoms with van der Waals surface area (Å²) < 4.78 is 1.64. The number of urea groups is 1. The highest BCUT2D eigenvalue weighted by molar-refractivity contribution is 5.84. The second-order valence-electron chi connectivity index (χ2n) is 5.02. The van der Waals surface area contributed by atoms with Crippen LogP contribution < -0.4 is 10.6 Å². The van der Waals surface area contributed by atoms with Gasteiger partial charge in [0.15, 0.2) is 5.69 Å². The average molecular weight is 296 g/mol. The molecule has 0 saturated carbocycles. The number of aromatic carboxylic acids is 1. The van der Waals surface area contributed by atoms with E-state index in [-0.39, 0.29) is 17.3 Å². The molecule has 1 aromatic heterocycles. The zero-order chi connectivity index (χ0) is 15.9. The van der Waals surface area contributed by atoms with Crippen molar-refractivity contribution in [3.05, 3.63) is 18.2 Å². The van der Waals surface area contributed by atoms with Gasteiger partial charge in [-0.05, 0) is 19.3 Å². The van der Waals surface area contributed by atoms with Crippen molar-refractivity contribution < 1.29 is 14.7 Å². The van der Waals surface area contributed by atoms with E-state index in [1.54, 1.807) is 4.57 Å². The maximum atomic E-state index is 11.9. The Kier molecular flexibility index (Phi) is 6.20. The van der Waals surface area contributed by atoms with Crippen molar-refractivity contribution in [2.75, 3.05) is 6.54 Å². The molecule has 0 aliphatic rings. The summed E-state index contributed by atoms with van der Waals surface area (Å²) in [6.45, 7) is 7.07. The van der Waals surface area contributed by atoms with Gasteiger partial charge >= 0.3 is 12.0 Å². The number of hydrogen-bond acceptors (Lipinski definition) is 3. The Morgan fingerprint density at radius 3 is 2.38 bits per heavy atom. The van der Waals surface area contributed by atoms with Crippen molar-refractivity contribution in [2.24, 2.45) is 0 Å². The first-order chi connectivity index (χ1) is 9.96. The first-order valence-electron chi connectivity index (χ1n) is 7.27. The Hall–Kier alpha value is -2.05. The van der Waals surface area contributed by atoms with Crippen LogP contribution in [0.3, 0.4) is 0 Å². The minimum Gasteiger partial charge on any atom is -0.476 e. The van der Waals surface area contributed by atoms with Gasteiger partial charge in [0.2, 0.25) is 0 Å². The van der Waals surface area contributed by atoms with Crippen molar-refractivity contribution in [3.8, 4) is 0 Å². The first-order valence-corrected chi connectivity index (χ1v) is 7.27. The molecule has 1 aromatic rings. The summed E-state index contributed by atoms with van der Waals surface area (Å²) in [4.78, 5) is 26.3. The van der Waals surface area contributed by atoms with Crippen molar-refractivity contribution in [2.45, 2.75) is 52.1 Å². The average Bonchev–Trinajstić information content (AvgIpc) is 2.94. The van der Waals surface area contributed by atoms with E-state index in [2.05, 4.69) is 36.4 Å². The molecule has 3 N–H and O–H groups in total. The number of carbonyl (C=O) groups excluding carboxylic acids is 1. The van der Waals surface area contributed by atoms with Crippen LogP contribution in [0, 0.1) is 0 Å². The Bertz CT molecular complexity index is 472. The normalized spacial score (nSPS) is 11.2. The summed E-state index contributed by atoms with van der Waals surface area (Å²) in [7, 11) is 0. The van der Waals surface area contributed by atoms with Crippen LogP contribution >= 0.6 is 0 Å². The van der Waals surface area contributed by atoms with E-state index in [0.29, 0.717) is 13.1 Å². The van der Waals surface area contributed by atoms with Crippen molar-refractivity contribution in [3.63, 3.8) is 0 Å². The van der Waals surface area contributed by atoms with Gasteiger partial charge in [-0.15, -0.1) is 0 Å². The summed E-state index contributed by atoms with van der Waals surface area (Å²) in [5.74, 6) is -1.06. The Balaban J connectivity index is 2.41. The van der Waals surface area contributed by atoms with Crippen LogP contribution in [0.1, 0.15) is 50.5 Å². The first kappa shape index (κ1) is 17.0. The van der Waals surface area contributed by atoms with E-state index in [9.17, 15) is 9.59 Å². The molecule has 0 atom stereocenters. The van der Waals surface area contributed by atoms with Gasteiger partial charge in [0.1, 0.15) is 0 Å². The number of carboxylic acid groups (broad SMARTS) is 1. The van der Waals surface area contributed by atoms with Crippen LogP contribution in [0.15, 0.2) is 12.5 Å². The fourth-order valence-corrected chi connectivity index (χ4v) is 2.19. The lowest BCUT2D eigenvalue weighted by Gasteiger charge is -2.31. The van der Waals surface area contributed by atoms with E-state index < -0.39 is 5.97 Å². The topological polar surface area (TPSA) is 96.3 Å². The van der Waals surface area contributed by atoms with Crippen molar-refractivity contribution >= 4 is 12.0 Å². The van der Waals surface area contributed by atoms with Crippen LogP contribution in [0.5, 0.6) is 0 Å². The summed E-state index contributed by atoms with van der Waals surface area (Å²) >= 11 is 0. The van der Waals surface area contributed by atoms with Gasteiger partial charge in [0, 0.05) is 24.8 Å². The highest BCUT2D eigenvalue weighted by Crippen LogP contribution is 2.18. The van der Waals surface area contributed by atoms with Gasteiger partial charge in [-0.1, -0.05) is 20.8 Å². The van der Waals surface area contributed by atoms with Crippen LogP contribution in [-0.4, -0.2) is 38.7 Å². The third-order valence-corrected chi connectivity index (χ3v) is 3.92. The number of amides is 2. The molecule has 7 heteroatoms.